The fourth-order valence-electron chi connectivity index (χ4n) is 4.75. The van der Waals surface area contributed by atoms with Crippen molar-refractivity contribution in [1.82, 2.24) is 30.2 Å². The zero-order valence-corrected chi connectivity index (χ0v) is 20.9. The second-order valence-electron chi connectivity index (χ2n) is 9.92. The van der Waals surface area contributed by atoms with Crippen LogP contribution >= 0.6 is 0 Å². The van der Waals surface area contributed by atoms with Gasteiger partial charge in [-0.1, -0.05) is 29.8 Å². The Kier molecular flexibility index (Phi) is 7.16. The molecule has 8 heteroatoms. The molecule has 2 heterocycles. The number of nitrogens with one attached hydrogen (secondary N) is 2. The molecule has 8 nitrogen and oxygen atoms in total. The van der Waals surface area contributed by atoms with Crippen molar-refractivity contribution in [2.24, 2.45) is 0 Å². The summed E-state index contributed by atoms with van der Waals surface area (Å²) in [6.45, 7) is 5.54. The minimum absolute atomic E-state index is 0.0235. The summed E-state index contributed by atoms with van der Waals surface area (Å²) in [4.78, 5) is 30.7. The number of amides is 2. The van der Waals surface area contributed by atoms with Crippen LogP contribution in [-0.2, 0) is 4.79 Å². The lowest BCUT2D eigenvalue weighted by Gasteiger charge is -2.35. The standard InChI is InChI=1S/C28H34N6O2/c1-20-4-6-21(7-5-20)24-18-25(24)29-19-26(28(36)33-16-14-32(2)15-17-33)31-27(35)22-8-10-23(11-9-22)34-13-3-12-30-34/h3-13,24-26,29H,14-19H2,1-2H3,(H,31,35)/t24-,25+,26-/m0/s1. The number of aromatic nitrogens is 2. The Labute approximate surface area is 212 Å². The van der Waals surface area contributed by atoms with Crippen molar-refractivity contribution < 1.29 is 9.59 Å². The summed E-state index contributed by atoms with van der Waals surface area (Å²) in [5, 5.41) is 10.8. The summed E-state index contributed by atoms with van der Waals surface area (Å²) in [6.07, 6.45) is 4.61. The van der Waals surface area contributed by atoms with E-state index in [0.29, 0.717) is 37.2 Å². The largest absolute Gasteiger partial charge is 0.339 e. The summed E-state index contributed by atoms with van der Waals surface area (Å²) in [5.74, 6) is 0.183. The van der Waals surface area contributed by atoms with Crippen molar-refractivity contribution in [1.29, 1.82) is 0 Å². The molecule has 1 saturated carbocycles. The fraction of sp³-hybridized carbons (Fsp3) is 0.393. The topological polar surface area (TPSA) is 82.5 Å². The Balaban J connectivity index is 1.24. The van der Waals surface area contributed by atoms with Gasteiger partial charge in [0.05, 0.1) is 5.69 Å². The number of carbonyl (C=O) groups excluding carboxylic acids is 2. The van der Waals surface area contributed by atoms with Crippen LogP contribution in [0.2, 0.25) is 0 Å². The van der Waals surface area contributed by atoms with E-state index in [1.54, 1.807) is 23.0 Å². The molecule has 1 saturated heterocycles. The summed E-state index contributed by atoms with van der Waals surface area (Å²) >= 11 is 0. The van der Waals surface area contributed by atoms with Gasteiger partial charge < -0.3 is 20.4 Å². The van der Waals surface area contributed by atoms with Crippen LogP contribution in [0.1, 0.15) is 33.8 Å². The molecule has 2 N–H and O–H groups in total. The second-order valence-corrected chi connectivity index (χ2v) is 9.92. The van der Waals surface area contributed by atoms with Gasteiger partial charge in [0, 0.05) is 62.6 Å². The average molecular weight is 487 g/mol. The Morgan fingerprint density at radius 1 is 1.03 bits per heavy atom. The number of hydrogen-bond acceptors (Lipinski definition) is 5. The van der Waals surface area contributed by atoms with E-state index < -0.39 is 6.04 Å². The molecule has 2 aromatic carbocycles. The van der Waals surface area contributed by atoms with E-state index >= 15 is 0 Å². The average Bonchev–Trinajstić information content (AvgIpc) is 3.46. The minimum Gasteiger partial charge on any atom is -0.339 e. The van der Waals surface area contributed by atoms with Gasteiger partial charge in [0.1, 0.15) is 6.04 Å². The number of hydrogen-bond donors (Lipinski definition) is 2. The van der Waals surface area contributed by atoms with E-state index in [1.165, 1.54) is 11.1 Å². The highest BCUT2D eigenvalue weighted by Gasteiger charge is 2.39. The highest BCUT2D eigenvalue weighted by molar-refractivity contribution is 5.97. The predicted octanol–water partition coefficient (Wildman–Crippen LogP) is 2.20. The van der Waals surface area contributed by atoms with E-state index in [-0.39, 0.29) is 11.8 Å². The van der Waals surface area contributed by atoms with Crippen molar-refractivity contribution in [3.05, 3.63) is 83.7 Å². The van der Waals surface area contributed by atoms with Crippen LogP contribution in [0.25, 0.3) is 5.69 Å². The first kappa shape index (κ1) is 24.2. The van der Waals surface area contributed by atoms with Crippen LogP contribution in [0.15, 0.2) is 67.0 Å². The Hall–Kier alpha value is -3.49. The zero-order valence-electron chi connectivity index (χ0n) is 20.9. The number of nitrogens with zero attached hydrogens (tertiary/aromatic N) is 4. The predicted molar refractivity (Wildman–Crippen MR) is 139 cm³/mol. The highest BCUT2D eigenvalue weighted by Crippen LogP contribution is 2.40. The molecule has 1 aromatic heterocycles. The third-order valence-electron chi connectivity index (χ3n) is 7.20. The summed E-state index contributed by atoms with van der Waals surface area (Å²) in [5.41, 5.74) is 3.97. The Morgan fingerprint density at radius 2 is 1.75 bits per heavy atom. The van der Waals surface area contributed by atoms with Crippen molar-refractivity contribution in [2.75, 3.05) is 39.8 Å². The highest BCUT2D eigenvalue weighted by atomic mass is 16.2. The number of likely N-dealkylation sites (N-methyl/N-ethyl adjacent to an activating group) is 1. The molecule has 1 aliphatic carbocycles. The van der Waals surface area contributed by atoms with Crippen LogP contribution < -0.4 is 10.6 Å². The molecule has 1 aliphatic heterocycles. The number of aryl methyl sites for hydroxylation is 1. The maximum absolute atomic E-state index is 13.4. The number of carbonyl (C=O) groups is 2. The quantitative estimate of drug-likeness (QED) is 0.510. The lowest BCUT2D eigenvalue weighted by Crippen LogP contribution is -2.57. The smallest absolute Gasteiger partial charge is 0.251 e. The molecule has 0 unspecified atom stereocenters. The van der Waals surface area contributed by atoms with Crippen LogP contribution in [0, 0.1) is 6.92 Å². The molecular weight excluding hydrogens is 452 g/mol. The van der Waals surface area contributed by atoms with Crippen molar-refractivity contribution in [3.63, 3.8) is 0 Å². The van der Waals surface area contributed by atoms with Crippen molar-refractivity contribution >= 4 is 11.8 Å². The third-order valence-corrected chi connectivity index (χ3v) is 7.20. The van der Waals surface area contributed by atoms with Gasteiger partial charge in [-0.25, -0.2) is 4.68 Å². The number of benzene rings is 2. The lowest BCUT2D eigenvalue weighted by molar-refractivity contribution is -0.134. The maximum atomic E-state index is 13.4. The van der Waals surface area contributed by atoms with Crippen LogP contribution in [0.3, 0.4) is 0 Å². The molecular formula is C28H34N6O2. The van der Waals surface area contributed by atoms with Crippen molar-refractivity contribution in [3.8, 4) is 5.69 Å². The third kappa shape index (κ3) is 5.66. The molecule has 2 amide bonds. The van der Waals surface area contributed by atoms with Gasteiger partial charge in [-0.2, -0.15) is 5.10 Å². The molecule has 5 rings (SSSR count). The van der Waals surface area contributed by atoms with E-state index in [2.05, 4.69) is 58.9 Å². The zero-order chi connectivity index (χ0) is 25.1. The maximum Gasteiger partial charge on any atom is 0.251 e. The molecule has 3 aromatic rings. The van der Waals surface area contributed by atoms with E-state index in [1.807, 2.05) is 29.3 Å². The van der Waals surface area contributed by atoms with Gasteiger partial charge >= 0.3 is 0 Å². The number of rotatable bonds is 8. The Morgan fingerprint density at radius 3 is 2.42 bits per heavy atom. The molecule has 36 heavy (non-hydrogen) atoms. The van der Waals surface area contributed by atoms with Gasteiger partial charge in [0.25, 0.3) is 5.91 Å². The monoisotopic (exact) mass is 486 g/mol. The van der Waals surface area contributed by atoms with Gasteiger partial charge in [-0.3, -0.25) is 9.59 Å². The Bertz CT molecular complexity index is 1170. The van der Waals surface area contributed by atoms with Gasteiger partial charge in [0.2, 0.25) is 5.91 Å². The first-order chi connectivity index (χ1) is 17.5. The molecule has 0 radical (unpaired) electrons. The van der Waals surface area contributed by atoms with E-state index in [4.69, 9.17) is 0 Å². The summed E-state index contributed by atoms with van der Waals surface area (Å²) < 4.78 is 1.74. The van der Waals surface area contributed by atoms with Gasteiger partial charge in [-0.05, 0) is 56.3 Å². The van der Waals surface area contributed by atoms with Crippen LogP contribution in [-0.4, -0.2) is 83.2 Å². The van der Waals surface area contributed by atoms with Crippen molar-refractivity contribution in [2.45, 2.75) is 31.3 Å². The van der Waals surface area contributed by atoms with E-state index in [0.717, 1.165) is 25.2 Å². The normalized spacial score (nSPS) is 20.7. The molecule has 2 aliphatic rings. The number of piperazine rings is 1. The second kappa shape index (κ2) is 10.6. The molecule has 3 atom stereocenters. The van der Waals surface area contributed by atoms with Crippen LogP contribution in [0.4, 0.5) is 0 Å². The summed E-state index contributed by atoms with van der Waals surface area (Å²) in [7, 11) is 2.06. The summed E-state index contributed by atoms with van der Waals surface area (Å²) in [6, 6.07) is 17.5. The van der Waals surface area contributed by atoms with E-state index in [9.17, 15) is 9.59 Å². The van der Waals surface area contributed by atoms with Gasteiger partial charge in [0.15, 0.2) is 0 Å². The molecule has 2 fully saturated rings. The molecule has 0 spiro atoms. The fourth-order valence-corrected chi connectivity index (χ4v) is 4.75. The first-order valence-electron chi connectivity index (χ1n) is 12.7. The van der Waals surface area contributed by atoms with Crippen LogP contribution in [0.5, 0.6) is 0 Å². The molecule has 0 bridgehead atoms. The first-order valence-corrected chi connectivity index (χ1v) is 12.7. The SMILES string of the molecule is Cc1ccc([C@@H]2C[C@H]2NC[C@H](NC(=O)c2ccc(-n3cccn3)cc2)C(=O)N2CCN(C)CC2)cc1. The minimum atomic E-state index is -0.619. The molecule has 188 valence electrons. The lowest BCUT2D eigenvalue weighted by atomic mass is 10.1. The van der Waals surface area contributed by atoms with Gasteiger partial charge in [-0.15, -0.1) is 0 Å².